The Balaban J connectivity index is 0.00000128. The van der Waals surface area contributed by atoms with Crippen LogP contribution in [0.25, 0.3) is 0 Å². The second-order valence-corrected chi connectivity index (χ2v) is 3.26. The van der Waals surface area contributed by atoms with Gasteiger partial charge in [0.05, 0.1) is 30.7 Å². The number of nitriles is 1. The zero-order valence-electron chi connectivity index (χ0n) is 8.50. The zero-order valence-corrected chi connectivity index (χ0v) is 9.31. The molecular weight excluding hydrogens is 224 g/mol. The average molecular weight is 235 g/mol. The minimum Gasteiger partial charge on any atom is -0.384 e. The number of halogens is 1. The Bertz CT molecular complexity index is 495. The van der Waals surface area contributed by atoms with Crippen LogP contribution in [0.15, 0.2) is 36.8 Å². The normalized spacial score (nSPS) is 9.19. The number of hydrogen-bond donors (Lipinski definition) is 1. The molecule has 82 valence electrons. The topological polar surface area (TPSA) is 67.6 Å². The van der Waals surface area contributed by atoms with Crippen LogP contribution >= 0.6 is 12.4 Å². The van der Waals surface area contributed by atoms with Gasteiger partial charge in [0, 0.05) is 0 Å². The van der Waals surface area contributed by atoms with Gasteiger partial charge in [-0.2, -0.15) is 5.26 Å². The highest BCUT2D eigenvalue weighted by Crippen LogP contribution is 2.08. The molecule has 1 heterocycles. The van der Waals surface area contributed by atoms with Gasteiger partial charge in [-0.15, -0.1) is 12.4 Å². The quantitative estimate of drug-likeness (QED) is 0.862. The number of hydrogen-bond acceptors (Lipinski definition) is 3. The van der Waals surface area contributed by atoms with Crippen LogP contribution in [0.2, 0.25) is 0 Å². The summed E-state index contributed by atoms with van der Waals surface area (Å²) in [6, 6.07) is 9.50. The predicted molar refractivity (Wildman–Crippen MR) is 64.1 cm³/mol. The van der Waals surface area contributed by atoms with Crippen LogP contribution in [0.1, 0.15) is 11.1 Å². The van der Waals surface area contributed by atoms with Crippen molar-refractivity contribution < 1.29 is 0 Å². The highest BCUT2D eigenvalue weighted by molar-refractivity contribution is 5.85. The second kappa shape index (κ2) is 5.19. The average Bonchev–Trinajstić information content (AvgIpc) is 2.66. The Labute approximate surface area is 99.7 Å². The Hall–Kier alpha value is -1.99. The smallest absolute Gasteiger partial charge is 0.123 e. The van der Waals surface area contributed by atoms with Gasteiger partial charge in [0.1, 0.15) is 5.82 Å². The van der Waals surface area contributed by atoms with Crippen LogP contribution in [-0.4, -0.2) is 9.55 Å². The van der Waals surface area contributed by atoms with Crippen molar-refractivity contribution in [3.8, 4) is 6.07 Å². The van der Waals surface area contributed by atoms with Crippen LogP contribution < -0.4 is 5.73 Å². The fraction of sp³-hybridized carbons (Fsp3) is 0.0909. The number of imidazole rings is 1. The van der Waals surface area contributed by atoms with E-state index >= 15 is 0 Å². The number of anilines is 1. The first-order chi connectivity index (χ1) is 7.29. The molecule has 0 spiro atoms. The summed E-state index contributed by atoms with van der Waals surface area (Å²) in [4.78, 5) is 3.94. The molecule has 0 aliphatic heterocycles. The van der Waals surface area contributed by atoms with E-state index < -0.39 is 0 Å². The Kier molecular flexibility index (Phi) is 3.92. The van der Waals surface area contributed by atoms with Crippen LogP contribution in [0, 0.1) is 11.3 Å². The molecule has 0 unspecified atom stereocenters. The van der Waals surface area contributed by atoms with Gasteiger partial charge in [0.2, 0.25) is 0 Å². The van der Waals surface area contributed by atoms with Gasteiger partial charge in [0.25, 0.3) is 0 Å². The number of rotatable bonds is 2. The Morgan fingerprint density at radius 2 is 2.00 bits per heavy atom. The van der Waals surface area contributed by atoms with Crippen molar-refractivity contribution in [2.75, 3.05) is 5.73 Å². The molecule has 0 aliphatic carbocycles. The number of nitrogens with two attached hydrogens (primary N) is 1. The van der Waals surface area contributed by atoms with Crippen LogP contribution in [-0.2, 0) is 6.54 Å². The predicted octanol–water partition coefficient (Wildman–Crippen LogP) is 1.81. The molecule has 16 heavy (non-hydrogen) atoms. The molecule has 0 amide bonds. The van der Waals surface area contributed by atoms with E-state index in [0.717, 1.165) is 5.56 Å². The number of nitrogens with zero attached hydrogens (tertiary/aromatic N) is 3. The van der Waals surface area contributed by atoms with E-state index in [4.69, 9.17) is 11.0 Å². The summed E-state index contributed by atoms with van der Waals surface area (Å²) in [6.07, 6.45) is 3.30. The molecule has 2 aromatic rings. The van der Waals surface area contributed by atoms with Crippen molar-refractivity contribution >= 4 is 18.2 Å². The molecular formula is C11H11ClN4. The first-order valence-electron chi connectivity index (χ1n) is 4.54. The lowest BCUT2D eigenvalue weighted by atomic mass is 10.1. The third-order valence-corrected chi connectivity index (χ3v) is 2.18. The van der Waals surface area contributed by atoms with Crippen molar-refractivity contribution in [1.82, 2.24) is 9.55 Å². The molecule has 5 heteroatoms. The van der Waals surface area contributed by atoms with E-state index in [1.165, 1.54) is 0 Å². The van der Waals surface area contributed by atoms with Gasteiger partial charge >= 0.3 is 0 Å². The minimum atomic E-state index is 0. The van der Waals surface area contributed by atoms with E-state index in [0.29, 0.717) is 17.9 Å². The summed E-state index contributed by atoms with van der Waals surface area (Å²) in [5.41, 5.74) is 7.45. The standard InChI is InChI=1S/C11H10N4.ClH/c12-5-9-1-3-10(4-2-9)7-15-8-14-6-11(15)13;/h1-4,6,8H,7,13H2;1H. The highest BCUT2D eigenvalue weighted by atomic mass is 35.5. The molecule has 0 fully saturated rings. The maximum atomic E-state index is 8.64. The van der Waals surface area contributed by atoms with Crippen molar-refractivity contribution in [2.45, 2.75) is 6.54 Å². The highest BCUT2D eigenvalue weighted by Gasteiger charge is 1.98. The SMILES string of the molecule is Cl.N#Cc1ccc(Cn2cncc2N)cc1. The summed E-state index contributed by atoms with van der Waals surface area (Å²) < 4.78 is 1.85. The van der Waals surface area contributed by atoms with E-state index in [2.05, 4.69) is 11.1 Å². The van der Waals surface area contributed by atoms with Gasteiger partial charge in [-0.05, 0) is 17.7 Å². The molecule has 1 aromatic carbocycles. The van der Waals surface area contributed by atoms with Gasteiger partial charge in [-0.25, -0.2) is 4.98 Å². The molecule has 0 saturated heterocycles. The van der Waals surface area contributed by atoms with Crippen molar-refractivity contribution in [3.05, 3.63) is 47.9 Å². The number of aromatic nitrogens is 2. The van der Waals surface area contributed by atoms with E-state index in [9.17, 15) is 0 Å². The summed E-state index contributed by atoms with van der Waals surface area (Å²) in [5, 5.41) is 8.64. The van der Waals surface area contributed by atoms with Crippen molar-refractivity contribution in [1.29, 1.82) is 5.26 Å². The zero-order chi connectivity index (χ0) is 10.7. The first-order valence-corrected chi connectivity index (χ1v) is 4.54. The number of nitrogen functional groups attached to an aromatic ring is 1. The molecule has 2 rings (SSSR count). The summed E-state index contributed by atoms with van der Waals surface area (Å²) in [7, 11) is 0. The van der Waals surface area contributed by atoms with E-state index in [1.54, 1.807) is 24.7 Å². The van der Waals surface area contributed by atoms with Crippen LogP contribution in [0.4, 0.5) is 5.82 Å². The second-order valence-electron chi connectivity index (χ2n) is 3.26. The maximum absolute atomic E-state index is 8.64. The molecule has 2 N–H and O–H groups in total. The molecule has 0 bridgehead atoms. The molecule has 0 atom stereocenters. The van der Waals surface area contributed by atoms with Gasteiger partial charge in [-0.3, -0.25) is 0 Å². The Morgan fingerprint density at radius 1 is 1.31 bits per heavy atom. The lowest BCUT2D eigenvalue weighted by molar-refractivity contribution is 0.807. The van der Waals surface area contributed by atoms with E-state index in [-0.39, 0.29) is 12.4 Å². The molecule has 0 radical (unpaired) electrons. The summed E-state index contributed by atoms with van der Waals surface area (Å²) in [6.45, 7) is 0.678. The fourth-order valence-electron chi connectivity index (χ4n) is 1.34. The first kappa shape index (κ1) is 12.1. The summed E-state index contributed by atoms with van der Waals surface area (Å²) >= 11 is 0. The van der Waals surface area contributed by atoms with Crippen LogP contribution in [0.3, 0.4) is 0 Å². The van der Waals surface area contributed by atoms with Gasteiger partial charge < -0.3 is 10.3 Å². The lowest BCUT2D eigenvalue weighted by Crippen LogP contribution is -2.02. The van der Waals surface area contributed by atoms with Gasteiger partial charge in [0.15, 0.2) is 0 Å². The van der Waals surface area contributed by atoms with E-state index in [1.807, 2.05) is 16.7 Å². The number of benzene rings is 1. The summed E-state index contributed by atoms with van der Waals surface area (Å²) in [5.74, 6) is 0.638. The van der Waals surface area contributed by atoms with Crippen LogP contribution in [0.5, 0.6) is 0 Å². The Morgan fingerprint density at radius 3 is 2.50 bits per heavy atom. The van der Waals surface area contributed by atoms with Gasteiger partial charge in [-0.1, -0.05) is 12.1 Å². The molecule has 1 aromatic heterocycles. The third kappa shape index (κ3) is 2.53. The minimum absolute atomic E-state index is 0. The molecule has 0 saturated carbocycles. The molecule has 0 aliphatic rings. The molecule has 4 nitrogen and oxygen atoms in total. The lowest BCUT2D eigenvalue weighted by Gasteiger charge is -2.04. The fourth-order valence-corrected chi connectivity index (χ4v) is 1.34. The van der Waals surface area contributed by atoms with Crippen molar-refractivity contribution in [3.63, 3.8) is 0 Å². The monoisotopic (exact) mass is 234 g/mol. The van der Waals surface area contributed by atoms with Crippen molar-refractivity contribution in [2.24, 2.45) is 0 Å². The largest absolute Gasteiger partial charge is 0.384 e. The maximum Gasteiger partial charge on any atom is 0.123 e. The third-order valence-electron chi connectivity index (χ3n) is 2.18.